The molecule has 1 aromatic carbocycles. The van der Waals surface area contributed by atoms with Crippen LogP contribution in [0, 0.1) is 11.7 Å². The number of rotatable bonds is 6. The number of aliphatic hydroxyl groups is 1. The summed E-state index contributed by atoms with van der Waals surface area (Å²) in [5.41, 5.74) is 0.637. The SMILES string of the molecule is CCN1CCC(CNCC(O)c2cccc(F)c2)CC1. The highest BCUT2D eigenvalue weighted by atomic mass is 19.1. The van der Waals surface area contributed by atoms with E-state index in [1.807, 2.05) is 0 Å². The summed E-state index contributed by atoms with van der Waals surface area (Å²) >= 11 is 0. The molecular formula is C16H25FN2O. The van der Waals surface area contributed by atoms with Crippen LogP contribution in [0.15, 0.2) is 24.3 Å². The Morgan fingerprint density at radius 2 is 2.15 bits per heavy atom. The number of hydrogen-bond donors (Lipinski definition) is 2. The Morgan fingerprint density at radius 3 is 2.80 bits per heavy atom. The number of nitrogens with zero attached hydrogens (tertiary/aromatic N) is 1. The molecule has 1 atom stereocenters. The predicted octanol–water partition coefficient (Wildman–Crippen LogP) is 2.18. The quantitative estimate of drug-likeness (QED) is 0.838. The molecular weight excluding hydrogens is 255 g/mol. The molecule has 2 rings (SSSR count). The Morgan fingerprint density at radius 1 is 1.40 bits per heavy atom. The van der Waals surface area contributed by atoms with Gasteiger partial charge in [-0.1, -0.05) is 19.1 Å². The molecule has 0 radical (unpaired) electrons. The Bertz CT molecular complexity index is 405. The number of benzene rings is 1. The van der Waals surface area contributed by atoms with Gasteiger partial charge in [0.15, 0.2) is 0 Å². The summed E-state index contributed by atoms with van der Waals surface area (Å²) < 4.78 is 13.1. The molecule has 112 valence electrons. The van der Waals surface area contributed by atoms with Crippen molar-refractivity contribution in [1.82, 2.24) is 10.2 Å². The maximum atomic E-state index is 13.1. The first-order chi connectivity index (χ1) is 9.69. The van der Waals surface area contributed by atoms with Gasteiger partial charge in [0.2, 0.25) is 0 Å². The summed E-state index contributed by atoms with van der Waals surface area (Å²) in [7, 11) is 0. The van der Waals surface area contributed by atoms with Crippen molar-refractivity contribution in [3.63, 3.8) is 0 Å². The Kier molecular flexibility index (Phi) is 5.95. The Hall–Kier alpha value is -0.970. The fraction of sp³-hybridized carbons (Fsp3) is 0.625. The first kappa shape index (κ1) is 15.4. The van der Waals surface area contributed by atoms with Gasteiger partial charge in [-0.3, -0.25) is 0 Å². The molecule has 3 nitrogen and oxygen atoms in total. The van der Waals surface area contributed by atoms with Crippen LogP contribution in [-0.4, -0.2) is 42.7 Å². The molecule has 0 amide bonds. The van der Waals surface area contributed by atoms with Crippen LogP contribution in [0.4, 0.5) is 4.39 Å². The van der Waals surface area contributed by atoms with Crippen LogP contribution in [0.3, 0.4) is 0 Å². The molecule has 20 heavy (non-hydrogen) atoms. The van der Waals surface area contributed by atoms with Crippen LogP contribution < -0.4 is 5.32 Å². The topological polar surface area (TPSA) is 35.5 Å². The van der Waals surface area contributed by atoms with Crippen LogP contribution >= 0.6 is 0 Å². The number of nitrogens with one attached hydrogen (secondary N) is 1. The zero-order chi connectivity index (χ0) is 14.4. The fourth-order valence-corrected chi connectivity index (χ4v) is 2.76. The first-order valence-corrected chi connectivity index (χ1v) is 7.55. The minimum absolute atomic E-state index is 0.298. The second-order valence-corrected chi connectivity index (χ2v) is 5.61. The van der Waals surface area contributed by atoms with E-state index in [0.717, 1.165) is 13.1 Å². The van der Waals surface area contributed by atoms with Crippen molar-refractivity contribution in [1.29, 1.82) is 0 Å². The van der Waals surface area contributed by atoms with Crippen LogP contribution in [-0.2, 0) is 0 Å². The van der Waals surface area contributed by atoms with E-state index >= 15 is 0 Å². The largest absolute Gasteiger partial charge is 0.387 e. The molecule has 0 bridgehead atoms. The van der Waals surface area contributed by atoms with Gasteiger partial charge < -0.3 is 15.3 Å². The Balaban J connectivity index is 1.68. The van der Waals surface area contributed by atoms with E-state index in [2.05, 4.69) is 17.1 Å². The van der Waals surface area contributed by atoms with Gasteiger partial charge in [-0.05, 0) is 62.6 Å². The smallest absolute Gasteiger partial charge is 0.123 e. The minimum Gasteiger partial charge on any atom is -0.387 e. The molecule has 0 aromatic heterocycles. The van der Waals surface area contributed by atoms with Crippen molar-refractivity contribution >= 4 is 0 Å². The molecule has 1 aromatic rings. The summed E-state index contributed by atoms with van der Waals surface area (Å²) in [4.78, 5) is 2.47. The lowest BCUT2D eigenvalue weighted by Crippen LogP contribution is -2.37. The van der Waals surface area contributed by atoms with E-state index in [0.29, 0.717) is 18.0 Å². The summed E-state index contributed by atoms with van der Waals surface area (Å²) in [6.45, 7) is 7.11. The molecule has 1 aliphatic heterocycles. The van der Waals surface area contributed by atoms with E-state index < -0.39 is 6.10 Å². The number of hydrogen-bond acceptors (Lipinski definition) is 3. The van der Waals surface area contributed by atoms with Gasteiger partial charge in [0.25, 0.3) is 0 Å². The third kappa shape index (κ3) is 4.54. The van der Waals surface area contributed by atoms with Gasteiger partial charge in [-0.15, -0.1) is 0 Å². The second-order valence-electron chi connectivity index (χ2n) is 5.61. The summed E-state index contributed by atoms with van der Waals surface area (Å²) in [5.74, 6) is 0.394. The van der Waals surface area contributed by atoms with Gasteiger partial charge in [0, 0.05) is 6.54 Å². The van der Waals surface area contributed by atoms with E-state index in [-0.39, 0.29) is 5.82 Å². The average molecular weight is 280 g/mol. The molecule has 0 spiro atoms. The lowest BCUT2D eigenvalue weighted by Gasteiger charge is -2.31. The molecule has 1 fully saturated rings. The molecule has 1 heterocycles. The van der Waals surface area contributed by atoms with Crippen molar-refractivity contribution in [3.05, 3.63) is 35.6 Å². The molecule has 4 heteroatoms. The summed E-state index contributed by atoms with van der Waals surface area (Å²) in [5, 5.41) is 13.3. The highest BCUT2D eigenvalue weighted by Crippen LogP contribution is 2.17. The van der Waals surface area contributed by atoms with E-state index in [4.69, 9.17) is 0 Å². The van der Waals surface area contributed by atoms with Crippen molar-refractivity contribution in [2.24, 2.45) is 5.92 Å². The van der Waals surface area contributed by atoms with E-state index in [9.17, 15) is 9.50 Å². The zero-order valence-electron chi connectivity index (χ0n) is 12.2. The normalized spacial score (nSPS) is 19.1. The second kappa shape index (κ2) is 7.72. The van der Waals surface area contributed by atoms with Crippen molar-refractivity contribution in [2.45, 2.75) is 25.9 Å². The van der Waals surface area contributed by atoms with Crippen molar-refractivity contribution in [3.8, 4) is 0 Å². The summed E-state index contributed by atoms with van der Waals surface area (Å²) in [6.07, 6.45) is 1.80. The fourth-order valence-electron chi connectivity index (χ4n) is 2.76. The monoisotopic (exact) mass is 280 g/mol. The van der Waals surface area contributed by atoms with Crippen LogP contribution in [0.25, 0.3) is 0 Å². The van der Waals surface area contributed by atoms with Crippen molar-refractivity contribution in [2.75, 3.05) is 32.7 Å². The number of likely N-dealkylation sites (tertiary alicyclic amines) is 1. The third-order valence-corrected chi connectivity index (χ3v) is 4.16. The zero-order valence-corrected chi connectivity index (χ0v) is 12.2. The summed E-state index contributed by atoms with van der Waals surface area (Å²) in [6, 6.07) is 6.18. The van der Waals surface area contributed by atoms with Crippen LogP contribution in [0.2, 0.25) is 0 Å². The molecule has 1 aliphatic rings. The molecule has 1 unspecified atom stereocenters. The van der Waals surface area contributed by atoms with Crippen molar-refractivity contribution < 1.29 is 9.50 Å². The number of halogens is 1. The standard InChI is InChI=1S/C16H25FN2O/c1-2-19-8-6-13(7-9-19)11-18-12-16(20)14-4-3-5-15(17)10-14/h3-5,10,13,16,18,20H,2,6-9,11-12H2,1H3. The lowest BCUT2D eigenvalue weighted by molar-refractivity contribution is 0.160. The third-order valence-electron chi connectivity index (χ3n) is 4.16. The van der Waals surface area contributed by atoms with Crippen LogP contribution in [0.5, 0.6) is 0 Å². The molecule has 1 saturated heterocycles. The minimum atomic E-state index is -0.638. The maximum absolute atomic E-state index is 13.1. The molecule has 2 N–H and O–H groups in total. The average Bonchev–Trinajstić information content (AvgIpc) is 2.48. The Labute approximate surface area is 120 Å². The molecule has 0 saturated carbocycles. The number of piperidine rings is 1. The lowest BCUT2D eigenvalue weighted by atomic mass is 9.96. The number of aliphatic hydroxyl groups excluding tert-OH is 1. The highest BCUT2D eigenvalue weighted by molar-refractivity contribution is 5.18. The van der Waals surface area contributed by atoms with Crippen LogP contribution in [0.1, 0.15) is 31.4 Å². The van der Waals surface area contributed by atoms with Gasteiger partial charge in [-0.25, -0.2) is 4.39 Å². The van der Waals surface area contributed by atoms with Gasteiger partial charge in [0.1, 0.15) is 5.82 Å². The molecule has 0 aliphatic carbocycles. The van der Waals surface area contributed by atoms with Gasteiger partial charge in [0.05, 0.1) is 6.10 Å². The van der Waals surface area contributed by atoms with Gasteiger partial charge >= 0.3 is 0 Å². The predicted molar refractivity (Wildman–Crippen MR) is 79.1 cm³/mol. The maximum Gasteiger partial charge on any atom is 0.123 e. The van der Waals surface area contributed by atoms with E-state index in [1.165, 1.54) is 38.1 Å². The van der Waals surface area contributed by atoms with E-state index in [1.54, 1.807) is 12.1 Å². The first-order valence-electron chi connectivity index (χ1n) is 7.55. The van der Waals surface area contributed by atoms with Gasteiger partial charge in [-0.2, -0.15) is 0 Å². The highest BCUT2D eigenvalue weighted by Gasteiger charge is 2.18.